The van der Waals surface area contributed by atoms with Crippen LogP contribution in [0, 0.1) is 5.92 Å². The van der Waals surface area contributed by atoms with Gasteiger partial charge in [-0.15, -0.1) is 0 Å². The van der Waals surface area contributed by atoms with E-state index in [-0.39, 0.29) is 12.8 Å². The maximum absolute atomic E-state index is 12.1. The van der Waals surface area contributed by atoms with Gasteiger partial charge in [-0.3, -0.25) is 0 Å². The van der Waals surface area contributed by atoms with Crippen molar-refractivity contribution in [1.29, 1.82) is 0 Å². The van der Waals surface area contributed by atoms with Gasteiger partial charge in [0.2, 0.25) is 6.79 Å². The van der Waals surface area contributed by atoms with Crippen LogP contribution in [-0.4, -0.2) is 25.9 Å². The van der Waals surface area contributed by atoms with Gasteiger partial charge in [0.05, 0.1) is 6.61 Å². The molecule has 0 amide bonds. The van der Waals surface area contributed by atoms with Crippen molar-refractivity contribution in [2.75, 3.05) is 19.9 Å². The Labute approximate surface area is 118 Å². The lowest BCUT2D eigenvalue weighted by atomic mass is 10.1. The molecule has 1 unspecified atom stereocenters. The van der Waals surface area contributed by atoms with Crippen molar-refractivity contribution >= 4 is 5.97 Å². The van der Waals surface area contributed by atoms with Crippen LogP contribution in [0.2, 0.25) is 0 Å². The highest BCUT2D eigenvalue weighted by atomic mass is 16.7. The molecule has 1 atom stereocenters. The fourth-order valence-corrected chi connectivity index (χ4v) is 2.26. The molecule has 1 heterocycles. The highest BCUT2D eigenvalue weighted by Crippen LogP contribution is 2.35. The van der Waals surface area contributed by atoms with E-state index in [0.717, 1.165) is 17.9 Å². The molecule has 108 valence electrons. The Morgan fingerprint density at radius 1 is 1.40 bits per heavy atom. The first-order valence-corrected chi connectivity index (χ1v) is 7.07. The van der Waals surface area contributed by atoms with Crippen LogP contribution in [-0.2, 0) is 9.53 Å². The summed E-state index contributed by atoms with van der Waals surface area (Å²) in [6.07, 6.45) is 2.48. The SMILES string of the molecule is CCOC(=O)C(NCC1CC1)c1ccc2c(c1)OCO2. The number of benzene rings is 1. The van der Waals surface area contributed by atoms with E-state index in [2.05, 4.69) is 5.32 Å². The van der Waals surface area contributed by atoms with Gasteiger partial charge in [0.25, 0.3) is 0 Å². The molecule has 0 radical (unpaired) electrons. The zero-order valence-corrected chi connectivity index (χ0v) is 11.6. The third-order valence-electron chi connectivity index (χ3n) is 3.56. The molecule has 1 aromatic carbocycles. The second kappa shape index (κ2) is 5.71. The Morgan fingerprint density at radius 3 is 2.95 bits per heavy atom. The molecule has 2 aliphatic rings. The lowest BCUT2D eigenvalue weighted by Gasteiger charge is -2.18. The molecule has 0 spiro atoms. The summed E-state index contributed by atoms with van der Waals surface area (Å²) in [5.74, 6) is 1.86. The van der Waals surface area contributed by atoms with Gasteiger partial charge in [-0.1, -0.05) is 6.07 Å². The zero-order chi connectivity index (χ0) is 13.9. The van der Waals surface area contributed by atoms with E-state index in [1.54, 1.807) is 0 Å². The minimum Gasteiger partial charge on any atom is -0.465 e. The molecular formula is C15H19NO4. The standard InChI is InChI=1S/C15H19NO4/c1-2-18-15(17)14(16-8-10-3-4-10)11-5-6-12-13(7-11)20-9-19-12/h5-7,10,14,16H,2-4,8-9H2,1H3. The van der Waals surface area contributed by atoms with E-state index >= 15 is 0 Å². The molecule has 1 aromatic rings. The molecule has 0 bridgehead atoms. The Kier molecular flexibility index (Phi) is 3.78. The fraction of sp³-hybridized carbons (Fsp3) is 0.533. The van der Waals surface area contributed by atoms with Crippen molar-refractivity contribution in [2.24, 2.45) is 5.92 Å². The number of hydrogen-bond acceptors (Lipinski definition) is 5. The van der Waals surface area contributed by atoms with Crippen LogP contribution in [0.5, 0.6) is 11.5 Å². The van der Waals surface area contributed by atoms with E-state index < -0.39 is 6.04 Å². The van der Waals surface area contributed by atoms with Gasteiger partial charge >= 0.3 is 5.97 Å². The summed E-state index contributed by atoms with van der Waals surface area (Å²) in [5.41, 5.74) is 0.855. The summed E-state index contributed by atoms with van der Waals surface area (Å²) >= 11 is 0. The topological polar surface area (TPSA) is 56.8 Å². The van der Waals surface area contributed by atoms with Crippen molar-refractivity contribution < 1.29 is 19.0 Å². The molecule has 1 aliphatic carbocycles. The maximum Gasteiger partial charge on any atom is 0.327 e. The Balaban J connectivity index is 1.77. The van der Waals surface area contributed by atoms with Crippen LogP contribution in [0.25, 0.3) is 0 Å². The molecule has 20 heavy (non-hydrogen) atoms. The molecule has 1 saturated carbocycles. The van der Waals surface area contributed by atoms with Crippen LogP contribution in [0.15, 0.2) is 18.2 Å². The highest BCUT2D eigenvalue weighted by Gasteiger charge is 2.28. The summed E-state index contributed by atoms with van der Waals surface area (Å²) in [5, 5.41) is 3.30. The minimum absolute atomic E-state index is 0.234. The van der Waals surface area contributed by atoms with Crippen molar-refractivity contribution in [3.05, 3.63) is 23.8 Å². The maximum atomic E-state index is 12.1. The second-order valence-electron chi connectivity index (χ2n) is 5.15. The summed E-state index contributed by atoms with van der Waals surface area (Å²) in [4.78, 5) is 12.1. The smallest absolute Gasteiger partial charge is 0.327 e. The Bertz CT molecular complexity index is 499. The number of carbonyl (C=O) groups is 1. The number of nitrogens with one attached hydrogen (secondary N) is 1. The number of carbonyl (C=O) groups excluding carboxylic acids is 1. The minimum atomic E-state index is -0.440. The van der Waals surface area contributed by atoms with Crippen LogP contribution in [0.4, 0.5) is 0 Å². The van der Waals surface area contributed by atoms with Crippen LogP contribution < -0.4 is 14.8 Å². The molecule has 1 N–H and O–H groups in total. The summed E-state index contributed by atoms with van der Waals surface area (Å²) < 4.78 is 15.8. The van der Waals surface area contributed by atoms with Gasteiger partial charge in [0, 0.05) is 0 Å². The monoisotopic (exact) mass is 277 g/mol. The van der Waals surface area contributed by atoms with Gasteiger partial charge in [-0.25, -0.2) is 4.79 Å². The van der Waals surface area contributed by atoms with E-state index in [1.807, 2.05) is 25.1 Å². The number of fused-ring (bicyclic) bond motifs is 1. The predicted molar refractivity (Wildman–Crippen MR) is 72.7 cm³/mol. The third kappa shape index (κ3) is 2.88. The lowest BCUT2D eigenvalue weighted by Crippen LogP contribution is -2.31. The lowest BCUT2D eigenvalue weighted by molar-refractivity contribution is -0.145. The highest BCUT2D eigenvalue weighted by molar-refractivity contribution is 5.78. The van der Waals surface area contributed by atoms with Crippen molar-refractivity contribution in [1.82, 2.24) is 5.32 Å². The van der Waals surface area contributed by atoms with Gasteiger partial charge in [0.15, 0.2) is 11.5 Å². The average molecular weight is 277 g/mol. The second-order valence-corrected chi connectivity index (χ2v) is 5.15. The molecule has 5 nitrogen and oxygen atoms in total. The van der Waals surface area contributed by atoms with Crippen molar-refractivity contribution in [2.45, 2.75) is 25.8 Å². The number of esters is 1. The van der Waals surface area contributed by atoms with E-state index in [4.69, 9.17) is 14.2 Å². The molecule has 5 heteroatoms. The molecule has 1 fully saturated rings. The van der Waals surface area contributed by atoms with Gasteiger partial charge in [0.1, 0.15) is 6.04 Å². The van der Waals surface area contributed by atoms with Gasteiger partial charge < -0.3 is 19.5 Å². The van der Waals surface area contributed by atoms with E-state index in [0.29, 0.717) is 18.3 Å². The normalized spacial score (nSPS) is 17.9. The van der Waals surface area contributed by atoms with Crippen molar-refractivity contribution in [3.8, 4) is 11.5 Å². The Hall–Kier alpha value is -1.75. The first kappa shape index (κ1) is 13.2. The summed E-state index contributed by atoms with van der Waals surface area (Å²) in [6, 6.07) is 5.13. The first-order valence-electron chi connectivity index (χ1n) is 7.07. The summed E-state index contributed by atoms with van der Waals surface area (Å²) in [7, 11) is 0. The zero-order valence-electron chi connectivity index (χ0n) is 11.6. The first-order chi connectivity index (χ1) is 9.78. The van der Waals surface area contributed by atoms with Gasteiger partial charge in [-0.05, 0) is 49.9 Å². The summed E-state index contributed by atoms with van der Waals surface area (Å²) in [6.45, 7) is 3.27. The molecule has 0 saturated heterocycles. The number of ether oxygens (including phenoxy) is 3. The number of hydrogen-bond donors (Lipinski definition) is 1. The fourth-order valence-electron chi connectivity index (χ4n) is 2.26. The van der Waals surface area contributed by atoms with E-state index in [1.165, 1.54) is 12.8 Å². The molecule has 3 rings (SSSR count). The largest absolute Gasteiger partial charge is 0.465 e. The molecule has 0 aromatic heterocycles. The van der Waals surface area contributed by atoms with Crippen LogP contribution in [0.3, 0.4) is 0 Å². The molecule has 1 aliphatic heterocycles. The quantitative estimate of drug-likeness (QED) is 0.806. The molecular weight excluding hydrogens is 258 g/mol. The van der Waals surface area contributed by atoms with E-state index in [9.17, 15) is 4.79 Å². The predicted octanol–water partition coefficient (Wildman–Crippen LogP) is 2.02. The van der Waals surface area contributed by atoms with Crippen molar-refractivity contribution in [3.63, 3.8) is 0 Å². The van der Waals surface area contributed by atoms with Crippen LogP contribution >= 0.6 is 0 Å². The Morgan fingerprint density at radius 2 is 2.20 bits per heavy atom. The van der Waals surface area contributed by atoms with Crippen LogP contribution in [0.1, 0.15) is 31.4 Å². The average Bonchev–Trinajstić information content (AvgIpc) is 3.15. The third-order valence-corrected chi connectivity index (χ3v) is 3.56. The number of rotatable bonds is 6. The van der Waals surface area contributed by atoms with Gasteiger partial charge in [-0.2, -0.15) is 0 Å².